The predicted octanol–water partition coefficient (Wildman–Crippen LogP) is 3.04. The van der Waals surface area contributed by atoms with Crippen LogP contribution in [0.4, 0.5) is 8.78 Å². The maximum Gasteiger partial charge on any atom is 0.387 e. The Labute approximate surface area is 156 Å². The van der Waals surface area contributed by atoms with Crippen LogP contribution in [0, 0.1) is 5.92 Å². The largest absolute Gasteiger partial charge is 0.489 e. The second kappa shape index (κ2) is 8.81. The minimum Gasteiger partial charge on any atom is -0.489 e. The fourth-order valence-electron chi connectivity index (χ4n) is 3.00. The third-order valence-corrected chi connectivity index (χ3v) is 4.43. The first-order valence-corrected chi connectivity index (χ1v) is 8.73. The Bertz CT molecular complexity index is 762. The summed E-state index contributed by atoms with van der Waals surface area (Å²) in [6, 6.07) is 14.2. The average molecular weight is 376 g/mol. The first-order chi connectivity index (χ1) is 13.0. The zero-order chi connectivity index (χ0) is 19.2. The van der Waals surface area contributed by atoms with Gasteiger partial charge in [0.25, 0.3) is 0 Å². The first kappa shape index (κ1) is 19.1. The van der Waals surface area contributed by atoms with E-state index in [4.69, 9.17) is 4.74 Å². The van der Waals surface area contributed by atoms with E-state index >= 15 is 0 Å². The second-order valence-corrected chi connectivity index (χ2v) is 6.46. The molecule has 1 N–H and O–H groups in total. The minimum absolute atomic E-state index is 0.0856. The molecule has 1 fully saturated rings. The highest BCUT2D eigenvalue weighted by Crippen LogP contribution is 2.21. The molecular formula is C20H22F2N2O3. The van der Waals surface area contributed by atoms with Crippen LogP contribution in [0.2, 0.25) is 0 Å². The van der Waals surface area contributed by atoms with E-state index in [-0.39, 0.29) is 24.2 Å². The van der Waals surface area contributed by atoms with Crippen LogP contribution in [-0.4, -0.2) is 37.6 Å². The molecule has 1 heterocycles. The lowest BCUT2D eigenvalue weighted by atomic mass is 9.98. The number of hydrogen-bond acceptors (Lipinski definition) is 4. The van der Waals surface area contributed by atoms with Gasteiger partial charge in [0, 0.05) is 26.7 Å². The van der Waals surface area contributed by atoms with Gasteiger partial charge >= 0.3 is 6.61 Å². The van der Waals surface area contributed by atoms with Crippen molar-refractivity contribution in [3.63, 3.8) is 0 Å². The zero-order valence-electron chi connectivity index (χ0n) is 15.0. The van der Waals surface area contributed by atoms with Crippen molar-refractivity contribution in [1.82, 2.24) is 10.2 Å². The molecule has 1 saturated heterocycles. The number of ether oxygens (including phenoxy) is 2. The van der Waals surface area contributed by atoms with E-state index in [1.165, 1.54) is 12.1 Å². The summed E-state index contributed by atoms with van der Waals surface area (Å²) in [6.45, 7) is -0.239. The maximum absolute atomic E-state index is 12.3. The van der Waals surface area contributed by atoms with E-state index in [2.05, 4.69) is 15.0 Å². The molecule has 0 saturated carbocycles. The van der Waals surface area contributed by atoms with Crippen molar-refractivity contribution in [3.8, 4) is 11.5 Å². The molecule has 0 bridgehead atoms. The SMILES string of the molecule is CNC(=O)C1CN(Cc2ccc(OCc3cccc(OC(F)F)c3)cc2)C1. The molecule has 1 aliphatic rings. The third kappa shape index (κ3) is 5.40. The molecule has 0 radical (unpaired) electrons. The summed E-state index contributed by atoms with van der Waals surface area (Å²) in [5.74, 6) is 0.997. The van der Waals surface area contributed by atoms with Crippen LogP contribution in [-0.2, 0) is 17.9 Å². The smallest absolute Gasteiger partial charge is 0.387 e. The number of nitrogens with zero attached hydrogens (tertiary/aromatic N) is 1. The molecule has 144 valence electrons. The first-order valence-electron chi connectivity index (χ1n) is 8.73. The summed E-state index contributed by atoms with van der Waals surface area (Å²) in [5, 5.41) is 2.67. The topological polar surface area (TPSA) is 50.8 Å². The van der Waals surface area contributed by atoms with Crippen LogP contribution in [0.5, 0.6) is 11.5 Å². The number of carbonyl (C=O) groups is 1. The van der Waals surface area contributed by atoms with E-state index in [1.54, 1.807) is 19.2 Å². The van der Waals surface area contributed by atoms with E-state index in [9.17, 15) is 13.6 Å². The zero-order valence-corrected chi connectivity index (χ0v) is 15.0. The van der Waals surface area contributed by atoms with Crippen molar-refractivity contribution in [2.24, 2.45) is 5.92 Å². The van der Waals surface area contributed by atoms with Gasteiger partial charge in [-0.25, -0.2) is 0 Å². The molecular weight excluding hydrogens is 354 g/mol. The number of rotatable bonds is 8. The van der Waals surface area contributed by atoms with Gasteiger partial charge in [-0.05, 0) is 35.4 Å². The monoisotopic (exact) mass is 376 g/mol. The highest BCUT2D eigenvalue weighted by molar-refractivity contribution is 5.79. The van der Waals surface area contributed by atoms with Crippen molar-refractivity contribution in [3.05, 3.63) is 59.7 Å². The highest BCUT2D eigenvalue weighted by Gasteiger charge is 2.31. The predicted molar refractivity (Wildman–Crippen MR) is 96.7 cm³/mol. The number of amides is 1. The Balaban J connectivity index is 1.46. The van der Waals surface area contributed by atoms with Crippen molar-refractivity contribution >= 4 is 5.91 Å². The summed E-state index contributed by atoms with van der Waals surface area (Å²) in [7, 11) is 1.66. The molecule has 0 unspecified atom stereocenters. The van der Waals surface area contributed by atoms with E-state index in [1.807, 2.05) is 24.3 Å². The Morgan fingerprint density at radius 3 is 2.56 bits per heavy atom. The fraction of sp³-hybridized carbons (Fsp3) is 0.350. The lowest BCUT2D eigenvalue weighted by molar-refractivity contribution is -0.129. The van der Waals surface area contributed by atoms with Crippen LogP contribution >= 0.6 is 0 Å². The molecule has 2 aromatic carbocycles. The minimum atomic E-state index is -2.84. The van der Waals surface area contributed by atoms with E-state index in [0.717, 1.165) is 30.8 Å². The molecule has 27 heavy (non-hydrogen) atoms. The van der Waals surface area contributed by atoms with Crippen molar-refractivity contribution in [2.45, 2.75) is 19.8 Å². The number of nitrogens with one attached hydrogen (secondary N) is 1. The standard InChI is InChI=1S/C20H22F2N2O3/c1-23-19(25)16-11-24(12-16)10-14-5-7-17(8-6-14)26-13-15-3-2-4-18(9-15)27-20(21)22/h2-9,16,20H,10-13H2,1H3,(H,23,25). The molecule has 3 rings (SSSR count). The molecule has 0 atom stereocenters. The molecule has 5 nitrogen and oxygen atoms in total. The van der Waals surface area contributed by atoms with Crippen molar-refractivity contribution < 1.29 is 23.0 Å². The second-order valence-electron chi connectivity index (χ2n) is 6.46. The van der Waals surface area contributed by atoms with Crippen LogP contribution < -0.4 is 14.8 Å². The summed E-state index contributed by atoms with van der Waals surface area (Å²) >= 11 is 0. The van der Waals surface area contributed by atoms with Gasteiger partial charge in [-0.3, -0.25) is 9.69 Å². The van der Waals surface area contributed by atoms with Gasteiger partial charge in [0.15, 0.2) is 0 Å². The summed E-state index contributed by atoms with van der Waals surface area (Å²) in [5.41, 5.74) is 1.89. The van der Waals surface area contributed by atoms with Crippen molar-refractivity contribution in [1.29, 1.82) is 0 Å². The summed E-state index contributed by atoms with van der Waals surface area (Å²) in [4.78, 5) is 13.7. The number of carbonyl (C=O) groups excluding carboxylic acids is 1. The number of alkyl halides is 2. The van der Waals surface area contributed by atoms with E-state index < -0.39 is 6.61 Å². The molecule has 1 amide bonds. The van der Waals surface area contributed by atoms with Gasteiger partial charge in [-0.1, -0.05) is 24.3 Å². The fourth-order valence-corrected chi connectivity index (χ4v) is 3.00. The number of halogens is 2. The Morgan fingerprint density at radius 1 is 1.15 bits per heavy atom. The van der Waals surface area contributed by atoms with E-state index in [0.29, 0.717) is 5.75 Å². The average Bonchev–Trinajstić information content (AvgIpc) is 2.63. The molecule has 2 aromatic rings. The molecule has 0 aliphatic carbocycles. The Kier molecular flexibility index (Phi) is 6.24. The van der Waals surface area contributed by atoms with Gasteiger partial charge in [0.2, 0.25) is 5.91 Å². The van der Waals surface area contributed by atoms with Crippen LogP contribution in [0.3, 0.4) is 0 Å². The van der Waals surface area contributed by atoms with Gasteiger partial charge in [0.1, 0.15) is 18.1 Å². The summed E-state index contributed by atoms with van der Waals surface area (Å²) < 4.78 is 34.6. The number of benzene rings is 2. The lowest BCUT2D eigenvalue weighted by Crippen LogP contribution is -2.52. The molecule has 7 heteroatoms. The quantitative estimate of drug-likeness (QED) is 0.769. The van der Waals surface area contributed by atoms with Gasteiger partial charge < -0.3 is 14.8 Å². The highest BCUT2D eigenvalue weighted by atomic mass is 19.3. The lowest BCUT2D eigenvalue weighted by Gasteiger charge is -2.38. The number of hydrogen-bond donors (Lipinski definition) is 1. The number of likely N-dealkylation sites (tertiary alicyclic amines) is 1. The molecule has 0 aromatic heterocycles. The van der Waals surface area contributed by atoms with Gasteiger partial charge in [0.05, 0.1) is 5.92 Å². The molecule has 1 aliphatic heterocycles. The summed E-state index contributed by atoms with van der Waals surface area (Å²) in [6.07, 6.45) is 0. The van der Waals surface area contributed by atoms with Gasteiger partial charge in [-0.2, -0.15) is 8.78 Å². The van der Waals surface area contributed by atoms with Crippen LogP contribution in [0.1, 0.15) is 11.1 Å². The van der Waals surface area contributed by atoms with Crippen LogP contribution in [0.25, 0.3) is 0 Å². The molecule has 0 spiro atoms. The Morgan fingerprint density at radius 2 is 1.89 bits per heavy atom. The maximum atomic E-state index is 12.3. The normalized spacial score (nSPS) is 14.7. The Hall–Kier alpha value is -2.67. The van der Waals surface area contributed by atoms with Crippen LogP contribution in [0.15, 0.2) is 48.5 Å². The van der Waals surface area contributed by atoms with Crippen molar-refractivity contribution in [2.75, 3.05) is 20.1 Å². The van der Waals surface area contributed by atoms with Gasteiger partial charge in [-0.15, -0.1) is 0 Å². The third-order valence-electron chi connectivity index (χ3n) is 4.43.